The van der Waals surface area contributed by atoms with Gasteiger partial charge in [0.2, 0.25) is 9.84 Å². The first-order valence-corrected chi connectivity index (χ1v) is 9.26. The first-order valence-electron chi connectivity index (χ1n) is 7.77. The van der Waals surface area contributed by atoms with E-state index in [-0.39, 0.29) is 0 Å². The number of rotatable bonds is 6. The Balaban J connectivity index is 1.53. The van der Waals surface area contributed by atoms with Crippen molar-refractivity contribution in [2.24, 2.45) is 0 Å². The molecule has 2 saturated heterocycles. The van der Waals surface area contributed by atoms with E-state index in [0.717, 1.165) is 37.2 Å². The molecule has 2 unspecified atom stereocenters. The molecule has 0 aromatic heterocycles. The molecule has 4 rings (SSSR count). The van der Waals surface area contributed by atoms with E-state index in [0.29, 0.717) is 22.0 Å². The van der Waals surface area contributed by atoms with Gasteiger partial charge in [-0.05, 0) is 35.4 Å². The Kier molecular flexibility index (Phi) is 3.71. The summed E-state index contributed by atoms with van der Waals surface area (Å²) in [6.45, 7) is 1.61. The molecule has 2 fully saturated rings. The van der Waals surface area contributed by atoms with Gasteiger partial charge < -0.3 is 9.47 Å². The lowest BCUT2D eigenvalue weighted by Gasteiger charge is -2.07. The molecule has 0 saturated carbocycles. The zero-order chi connectivity index (χ0) is 15.9. The van der Waals surface area contributed by atoms with Gasteiger partial charge in [-0.1, -0.05) is 24.3 Å². The van der Waals surface area contributed by atoms with Crippen molar-refractivity contribution in [2.45, 2.75) is 34.8 Å². The Morgan fingerprint density at radius 2 is 1.09 bits per heavy atom. The normalized spacial score (nSPS) is 22.8. The van der Waals surface area contributed by atoms with Gasteiger partial charge in [-0.2, -0.15) is 0 Å². The van der Waals surface area contributed by atoms with E-state index in [4.69, 9.17) is 9.47 Å². The zero-order valence-electron chi connectivity index (χ0n) is 12.6. The van der Waals surface area contributed by atoms with E-state index in [1.807, 2.05) is 24.3 Å². The highest BCUT2D eigenvalue weighted by Gasteiger charge is 2.24. The maximum absolute atomic E-state index is 12.7. The molecule has 2 heterocycles. The van der Waals surface area contributed by atoms with Gasteiger partial charge in [-0.15, -0.1) is 0 Å². The molecule has 0 N–H and O–H groups in total. The fourth-order valence-corrected chi connectivity index (χ4v) is 3.90. The van der Waals surface area contributed by atoms with Gasteiger partial charge in [-0.25, -0.2) is 8.42 Å². The first kappa shape index (κ1) is 14.9. The third kappa shape index (κ3) is 3.47. The summed E-state index contributed by atoms with van der Waals surface area (Å²) in [5.74, 6) is 0. The summed E-state index contributed by atoms with van der Waals surface area (Å²) in [6, 6.07) is 14.2. The molecule has 2 aromatic rings. The standard InChI is InChI=1S/C18H18O4S/c19-23(20,17-5-1-13(2-6-17)9-15-11-21-15)18-7-3-14(4-8-18)10-16-12-22-16/h1-8,15-16H,9-12H2. The Bertz CT molecular complexity index is 722. The van der Waals surface area contributed by atoms with Gasteiger partial charge in [0, 0.05) is 12.8 Å². The van der Waals surface area contributed by atoms with E-state index in [1.54, 1.807) is 24.3 Å². The quantitative estimate of drug-likeness (QED) is 0.763. The second-order valence-corrected chi connectivity index (χ2v) is 8.06. The molecule has 0 bridgehead atoms. The Hall–Kier alpha value is -1.69. The monoisotopic (exact) mass is 330 g/mol. The second-order valence-electron chi connectivity index (χ2n) is 6.11. The van der Waals surface area contributed by atoms with Crippen molar-refractivity contribution in [1.29, 1.82) is 0 Å². The lowest BCUT2D eigenvalue weighted by atomic mass is 10.1. The van der Waals surface area contributed by atoms with Crippen molar-refractivity contribution in [3.63, 3.8) is 0 Å². The lowest BCUT2D eigenvalue weighted by molar-refractivity contribution is 0.407. The van der Waals surface area contributed by atoms with Gasteiger partial charge in [0.15, 0.2) is 0 Å². The highest BCUT2D eigenvalue weighted by atomic mass is 32.2. The van der Waals surface area contributed by atoms with Crippen LogP contribution in [0.15, 0.2) is 58.3 Å². The third-order valence-corrected chi connectivity index (χ3v) is 5.98. The lowest BCUT2D eigenvalue weighted by Crippen LogP contribution is -2.03. The summed E-state index contributed by atoms with van der Waals surface area (Å²) in [5, 5.41) is 0. The number of epoxide rings is 2. The molecule has 2 aliphatic rings. The number of hydrogen-bond acceptors (Lipinski definition) is 4. The van der Waals surface area contributed by atoms with E-state index in [9.17, 15) is 8.42 Å². The van der Waals surface area contributed by atoms with Crippen LogP contribution in [0.3, 0.4) is 0 Å². The predicted molar refractivity (Wildman–Crippen MR) is 85.2 cm³/mol. The fraction of sp³-hybridized carbons (Fsp3) is 0.333. The van der Waals surface area contributed by atoms with Gasteiger partial charge in [0.05, 0.1) is 35.2 Å². The topological polar surface area (TPSA) is 59.2 Å². The fourth-order valence-electron chi connectivity index (χ4n) is 2.64. The van der Waals surface area contributed by atoms with Crippen molar-refractivity contribution in [3.8, 4) is 0 Å². The Morgan fingerprint density at radius 3 is 1.39 bits per heavy atom. The maximum atomic E-state index is 12.7. The molecule has 0 amide bonds. The third-order valence-electron chi connectivity index (χ3n) is 4.20. The van der Waals surface area contributed by atoms with Crippen molar-refractivity contribution >= 4 is 9.84 Å². The van der Waals surface area contributed by atoms with Crippen LogP contribution in [0.1, 0.15) is 11.1 Å². The average Bonchev–Trinajstić information content (AvgIpc) is 3.45. The Labute approximate surface area is 136 Å². The molecule has 0 aliphatic carbocycles. The molecule has 4 nitrogen and oxygen atoms in total. The van der Waals surface area contributed by atoms with Gasteiger partial charge in [0.25, 0.3) is 0 Å². The molecule has 5 heteroatoms. The summed E-state index contributed by atoms with van der Waals surface area (Å²) >= 11 is 0. The van der Waals surface area contributed by atoms with Crippen molar-refractivity contribution in [3.05, 3.63) is 59.7 Å². The molecule has 23 heavy (non-hydrogen) atoms. The molecular formula is C18H18O4S. The molecule has 0 spiro atoms. The van der Waals surface area contributed by atoms with E-state index in [2.05, 4.69) is 0 Å². The Morgan fingerprint density at radius 1 is 0.739 bits per heavy atom. The first-order chi connectivity index (χ1) is 11.1. The van der Waals surface area contributed by atoms with E-state index >= 15 is 0 Å². The van der Waals surface area contributed by atoms with Crippen LogP contribution in [0.2, 0.25) is 0 Å². The van der Waals surface area contributed by atoms with Crippen molar-refractivity contribution < 1.29 is 17.9 Å². The minimum Gasteiger partial charge on any atom is -0.373 e. The SMILES string of the molecule is O=S(=O)(c1ccc(CC2CO2)cc1)c1ccc(CC2CO2)cc1. The van der Waals surface area contributed by atoms with Gasteiger partial charge in [-0.3, -0.25) is 0 Å². The van der Waals surface area contributed by atoms with Crippen LogP contribution in [0, 0.1) is 0 Å². The molecule has 2 atom stereocenters. The van der Waals surface area contributed by atoms with Crippen LogP contribution in [-0.4, -0.2) is 33.8 Å². The van der Waals surface area contributed by atoms with Crippen molar-refractivity contribution in [2.75, 3.05) is 13.2 Å². The average molecular weight is 330 g/mol. The van der Waals surface area contributed by atoms with Crippen LogP contribution >= 0.6 is 0 Å². The number of ether oxygens (including phenoxy) is 2. The minimum atomic E-state index is -3.46. The summed E-state index contributed by atoms with van der Waals surface area (Å²) in [7, 11) is -3.46. The minimum absolute atomic E-state index is 0.306. The zero-order valence-corrected chi connectivity index (χ0v) is 13.5. The molecular weight excluding hydrogens is 312 g/mol. The van der Waals surface area contributed by atoms with Gasteiger partial charge >= 0.3 is 0 Å². The highest BCUT2D eigenvalue weighted by molar-refractivity contribution is 7.91. The molecule has 120 valence electrons. The second kappa shape index (κ2) is 5.74. The van der Waals surface area contributed by atoms with Crippen LogP contribution in [-0.2, 0) is 32.2 Å². The van der Waals surface area contributed by atoms with Crippen LogP contribution < -0.4 is 0 Å². The van der Waals surface area contributed by atoms with Crippen LogP contribution in [0.4, 0.5) is 0 Å². The number of sulfone groups is 1. The number of benzene rings is 2. The van der Waals surface area contributed by atoms with E-state index < -0.39 is 9.84 Å². The highest BCUT2D eigenvalue weighted by Crippen LogP contribution is 2.24. The molecule has 2 aliphatic heterocycles. The molecule has 0 radical (unpaired) electrons. The van der Waals surface area contributed by atoms with Crippen LogP contribution in [0.25, 0.3) is 0 Å². The van der Waals surface area contributed by atoms with E-state index in [1.165, 1.54) is 0 Å². The van der Waals surface area contributed by atoms with Crippen molar-refractivity contribution in [1.82, 2.24) is 0 Å². The summed E-state index contributed by atoms with van der Waals surface area (Å²) in [4.78, 5) is 0.660. The molecule has 2 aromatic carbocycles. The van der Waals surface area contributed by atoms with Crippen LogP contribution in [0.5, 0.6) is 0 Å². The summed E-state index contributed by atoms with van der Waals surface area (Å²) in [5.41, 5.74) is 2.21. The predicted octanol–water partition coefficient (Wildman–Crippen LogP) is 2.40. The largest absolute Gasteiger partial charge is 0.373 e. The number of hydrogen-bond donors (Lipinski definition) is 0. The summed E-state index contributed by atoms with van der Waals surface area (Å²) < 4.78 is 35.7. The summed E-state index contributed by atoms with van der Waals surface area (Å²) in [6.07, 6.45) is 2.30. The van der Waals surface area contributed by atoms with Gasteiger partial charge in [0.1, 0.15) is 0 Å². The maximum Gasteiger partial charge on any atom is 0.206 e. The smallest absolute Gasteiger partial charge is 0.206 e.